The molecule has 26 heavy (non-hydrogen) atoms. The Kier molecular flexibility index (Phi) is 5.04. The molecule has 0 saturated carbocycles. The van der Waals surface area contributed by atoms with Crippen molar-refractivity contribution in [3.05, 3.63) is 47.8 Å². The first-order chi connectivity index (χ1) is 12.5. The van der Waals surface area contributed by atoms with Crippen LogP contribution in [0.4, 0.5) is 0 Å². The summed E-state index contributed by atoms with van der Waals surface area (Å²) in [6, 6.07) is 11.5. The Morgan fingerprint density at radius 1 is 0.962 bits per heavy atom. The van der Waals surface area contributed by atoms with Crippen LogP contribution in [0.15, 0.2) is 36.4 Å². The minimum Gasteiger partial charge on any atom is -0.493 e. The van der Waals surface area contributed by atoms with E-state index in [0.29, 0.717) is 28.6 Å². The highest BCUT2D eigenvalue weighted by Crippen LogP contribution is 2.41. The van der Waals surface area contributed by atoms with E-state index in [9.17, 15) is 5.11 Å². The standard InChI is InChI=1S/C20H24N2O4/c1-12(2)22-15-9-7-6-8-14(15)21-20(22)18(23)13-10-16(24-3)19(26-5)17(11-13)25-4/h6-12,18,23H,1-5H3/t18-/m1/s1. The van der Waals surface area contributed by atoms with E-state index in [1.807, 2.05) is 28.8 Å². The monoisotopic (exact) mass is 356 g/mol. The zero-order valence-corrected chi connectivity index (χ0v) is 15.7. The first-order valence-corrected chi connectivity index (χ1v) is 8.46. The van der Waals surface area contributed by atoms with Gasteiger partial charge in [-0.25, -0.2) is 4.98 Å². The van der Waals surface area contributed by atoms with E-state index in [2.05, 4.69) is 18.8 Å². The van der Waals surface area contributed by atoms with Gasteiger partial charge < -0.3 is 23.9 Å². The fourth-order valence-electron chi connectivity index (χ4n) is 3.21. The zero-order valence-electron chi connectivity index (χ0n) is 15.7. The predicted octanol–water partition coefficient (Wildman–Crippen LogP) is 3.72. The number of aromatic nitrogens is 2. The number of nitrogens with zero attached hydrogens (tertiary/aromatic N) is 2. The van der Waals surface area contributed by atoms with Gasteiger partial charge in [-0.1, -0.05) is 12.1 Å². The van der Waals surface area contributed by atoms with Gasteiger partial charge in [0.05, 0.1) is 32.4 Å². The van der Waals surface area contributed by atoms with Gasteiger partial charge in [0.15, 0.2) is 11.5 Å². The maximum Gasteiger partial charge on any atom is 0.203 e. The third kappa shape index (κ3) is 2.97. The van der Waals surface area contributed by atoms with Crippen molar-refractivity contribution in [1.29, 1.82) is 0 Å². The summed E-state index contributed by atoms with van der Waals surface area (Å²) >= 11 is 0. The second kappa shape index (κ2) is 7.25. The van der Waals surface area contributed by atoms with Gasteiger partial charge >= 0.3 is 0 Å². The van der Waals surface area contributed by atoms with Crippen LogP contribution in [0.2, 0.25) is 0 Å². The maximum atomic E-state index is 11.1. The molecule has 2 aromatic carbocycles. The van der Waals surface area contributed by atoms with Crippen molar-refractivity contribution < 1.29 is 19.3 Å². The molecule has 0 radical (unpaired) electrons. The lowest BCUT2D eigenvalue weighted by Gasteiger charge is -2.19. The predicted molar refractivity (Wildman–Crippen MR) is 100 cm³/mol. The van der Waals surface area contributed by atoms with Gasteiger partial charge in [0.25, 0.3) is 0 Å². The summed E-state index contributed by atoms with van der Waals surface area (Å²) in [5, 5.41) is 11.1. The third-order valence-electron chi connectivity index (χ3n) is 4.39. The molecule has 0 amide bonds. The molecule has 6 heteroatoms. The van der Waals surface area contributed by atoms with E-state index >= 15 is 0 Å². The normalized spacial score (nSPS) is 12.4. The number of hydrogen-bond acceptors (Lipinski definition) is 5. The molecule has 1 heterocycles. The Balaban J connectivity index is 2.17. The molecule has 0 unspecified atom stereocenters. The van der Waals surface area contributed by atoms with Gasteiger partial charge in [-0.05, 0) is 43.7 Å². The SMILES string of the molecule is COc1cc([C@@H](O)c2nc3ccccc3n2C(C)C)cc(OC)c1OC. The molecule has 3 rings (SSSR count). The van der Waals surface area contributed by atoms with Gasteiger partial charge in [0.2, 0.25) is 5.75 Å². The lowest BCUT2D eigenvalue weighted by atomic mass is 10.1. The fraction of sp³-hybridized carbons (Fsp3) is 0.350. The first kappa shape index (κ1) is 18.1. The number of rotatable bonds is 6. The molecule has 0 saturated heterocycles. The number of aliphatic hydroxyl groups excluding tert-OH is 1. The van der Waals surface area contributed by atoms with Crippen molar-refractivity contribution in [3.63, 3.8) is 0 Å². The van der Waals surface area contributed by atoms with Crippen molar-refractivity contribution in [1.82, 2.24) is 9.55 Å². The molecule has 0 aliphatic carbocycles. The van der Waals surface area contributed by atoms with Gasteiger partial charge in [-0.15, -0.1) is 0 Å². The molecular weight excluding hydrogens is 332 g/mol. The van der Waals surface area contributed by atoms with Crippen LogP contribution in [-0.4, -0.2) is 36.0 Å². The third-order valence-corrected chi connectivity index (χ3v) is 4.39. The highest BCUT2D eigenvalue weighted by atomic mass is 16.5. The number of hydrogen-bond donors (Lipinski definition) is 1. The number of fused-ring (bicyclic) bond motifs is 1. The molecule has 0 bridgehead atoms. The van der Waals surface area contributed by atoms with Gasteiger partial charge in [0, 0.05) is 6.04 Å². The highest BCUT2D eigenvalue weighted by Gasteiger charge is 2.24. The number of methoxy groups -OCH3 is 3. The van der Waals surface area contributed by atoms with Crippen molar-refractivity contribution in [2.75, 3.05) is 21.3 Å². The van der Waals surface area contributed by atoms with Crippen LogP contribution in [0.3, 0.4) is 0 Å². The van der Waals surface area contributed by atoms with E-state index in [1.54, 1.807) is 33.5 Å². The molecule has 138 valence electrons. The van der Waals surface area contributed by atoms with E-state index in [4.69, 9.17) is 14.2 Å². The second-order valence-corrected chi connectivity index (χ2v) is 6.28. The lowest BCUT2D eigenvalue weighted by molar-refractivity contribution is 0.202. The van der Waals surface area contributed by atoms with Gasteiger partial charge in [0.1, 0.15) is 11.9 Å². The van der Waals surface area contributed by atoms with Crippen LogP contribution in [-0.2, 0) is 0 Å². The molecule has 1 N–H and O–H groups in total. The Morgan fingerprint density at radius 2 is 1.58 bits per heavy atom. The summed E-state index contributed by atoms with van der Waals surface area (Å²) in [4.78, 5) is 4.66. The largest absolute Gasteiger partial charge is 0.493 e. The van der Waals surface area contributed by atoms with Crippen LogP contribution < -0.4 is 14.2 Å². The summed E-state index contributed by atoms with van der Waals surface area (Å²) in [5.74, 6) is 2.06. The molecule has 0 aliphatic heterocycles. The smallest absolute Gasteiger partial charge is 0.203 e. The van der Waals surface area contributed by atoms with Crippen LogP contribution >= 0.6 is 0 Å². The molecule has 6 nitrogen and oxygen atoms in total. The maximum absolute atomic E-state index is 11.1. The summed E-state index contributed by atoms with van der Waals surface area (Å²) in [6.07, 6.45) is -0.932. The fourth-order valence-corrected chi connectivity index (χ4v) is 3.21. The van der Waals surface area contributed by atoms with Crippen LogP contribution in [0.25, 0.3) is 11.0 Å². The summed E-state index contributed by atoms with van der Waals surface area (Å²) in [6.45, 7) is 4.14. The van der Waals surface area contributed by atoms with E-state index in [-0.39, 0.29) is 6.04 Å². The topological polar surface area (TPSA) is 65.7 Å². The number of benzene rings is 2. The van der Waals surface area contributed by atoms with Crippen LogP contribution in [0.5, 0.6) is 17.2 Å². The Hall–Kier alpha value is -2.73. The summed E-state index contributed by atoms with van der Waals surface area (Å²) in [5.41, 5.74) is 2.46. The average molecular weight is 356 g/mol. The number of aliphatic hydroxyl groups is 1. The summed E-state index contributed by atoms with van der Waals surface area (Å²) in [7, 11) is 4.66. The number of para-hydroxylation sites is 2. The molecule has 0 aliphatic rings. The molecule has 3 aromatic rings. The Morgan fingerprint density at radius 3 is 2.12 bits per heavy atom. The molecule has 0 fully saturated rings. The Bertz CT molecular complexity index is 892. The van der Waals surface area contributed by atoms with Crippen LogP contribution in [0, 0.1) is 0 Å². The Labute approximate surface area is 152 Å². The van der Waals surface area contributed by atoms with E-state index in [1.165, 1.54) is 0 Å². The summed E-state index contributed by atoms with van der Waals surface area (Å²) < 4.78 is 18.2. The van der Waals surface area contributed by atoms with Crippen molar-refractivity contribution in [2.24, 2.45) is 0 Å². The van der Waals surface area contributed by atoms with Crippen molar-refractivity contribution in [2.45, 2.75) is 26.0 Å². The lowest BCUT2D eigenvalue weighted by Crippen LogP contribution is -2.12. The molecular formula is C20H24N2O4. The molecule has 0 spiro atoms. The van der Waals surface area contributed by atoms with Crippen molar-refractivity contribution >= 4 is 11.0 Å². The van der Waals surface area contributed by atoms with E-state index < -0.39 is 6.10 Å². The average Bonchev–Trinajstić information content (AvgIpc) is 3.05. The zero-order chi connectivity index (χ0) is 18.8. The van der Waals surface area contributed by atoms with Crippen molar-refractivity contribution in [3.8, 4) is 17.2 Å². The first-order valence-electron chi connectivity index (χ1n) is 8.46. The quantitative estimate of drug-likeness (QED) is 0.729. The second-order valence-electron chi connectivity index (χ2n) is 6.28. The highest BCUT2D eigenvalue weighted by molar-refractivity contribution is 5.76. The van der Waals surface area contributed by atoms with Crippen LogP contribution in [0.1, 0.15) is 37.4 Å². The number of imidazole rings is 1. The molecule has 1 aromatic heterocycles. The minimum absolute atomic E-state index is 0.147. The van der Waals surface area contributed by atoms with Gasteiger partial charge in [-0.3, -0.25) is 0 Å². The minimum atomic E-state index is -0.932. The van der Waals surface area contributed by atoms with Gasteiger partial charge in [-0.2, -0.15) is 0 Å². The van der Waals surface area contributed by atoms with E-state index in [0.717, 1.165) is 11.0 Å². The number of ether oxygens (including phenoxy) is 3. The molecule has 1 atom stereocenters.